The number of anilines is 3. The minimum Gasteiger partial charge on any atom is -0.492 e. The highest BCUT2D eigenvalue weighted by Crippen LogP contribution is 2.38. The zero-order chi connectivity index (χ0) is 32.9. The predicted molar refractivity (Wildman–Crippen MR) is 184 cm³/mol. The van der Waals surface area contributed by atoms with Gasteiger partial charge in [-0.25, -0.2) is 0 Å². The van der Waals surface area contributed by atoms with E-state index in [1.165, 1.54) is 6.08 Å². The van der Waals surface area contributed by atoms with Crippen LogP contribution in [0, 0.1) is 23.7 Å². The van der Waals surface area contributed by atoms with Crippen LogP contribution >= 0.6 is 11.6 Å². The molecule has 2 N–H and O–H groups in total. The number of carbonyl (C=O) groups is 1. The lowest BCUT2D eigenvalue weighted by atomic mass is 10.0. The smallest absolute Gasteiger partial charge is 0.248 e. The van der Waals surface area contributed by atoms with E-state index < -0.39 is 0 Å². The Hall–Kier alpha value is -5.09. The number of hydrogen-bond donors (Lipinski definition) is 2. The van der Waals surface area contributed by atoms with Crippen molar-refractivity contribution in [3.05, 3.63) is 88.9 Å². The van der Waals surface area contributed by atoms with Crippen LogP contribution < -0.4 is 20.1 Å². The molecule has 1 amide bonds. The van der Waals surface area contributed by atoms with Gasteiger partial charge in [0.2, 0.25) is 5.91 Å². The van der Waals surface area contributed by atoms with Crippen LogP contribution in [0.25, 0.3) is 10.9 Å². The third-order valence-corrected chi connectivity index (χ3v) is 7.31. The first kappa shape index (κ1) is 33.8. The summed E-state index contributed by atoms with van der Waals surface area (Å²) in [7, 11) is 1.98. The second-order valence-electron chi connectivity index (χ2n) is 10.4. The molecule has 46 heavy (non-hydrogen) atoms. The van der Waals surface area contributed by atoms with Gasteiger partial charge in [-0.1, -0.05) is 30.7 Å². The number of aromatic nitrogens is 2. The first-order valence-corrected chi connectivity index (χ1v) is 15.5. The van der Waals surface area contributed by atoms with Crippen LogP contribution in [0.3, 0.4) is 0 Å². The molecular formula is C36H37ClN6O3. The van der Waals surface area contributed by atoms with Crippen molar-refractivity contribution in [1.82, 2.24) is 14.9 Å². The van der Waals surface area contributed by atoms with Gasteiger partial charge in [-0.2, -0.15) is 5.26 Å². The highest BCUT2D eigenvalue weighted by atomic mass is 35.5. The van der Waals surface area contributed by atoms with E-state index in [9.17, 15) is 10.1 Å². The molecule has 0 unspecified atom stereocenters. The van der Waals surface area contributed by atoms with Crippen LogP contribution in [0.1, 0.15) is 43.6 Å². The lowest BCUT2D eigenvalue weighted by Crippen LogP contribution is -2.20. The maximum Gasteiger partial charge on any atom is 0.248 e. The van der Waals surface area contributed by atoms with Crippen molar-refractivity contribution in [3.8, 4) is 29.9 Å². The minimum atomic E-state index is -0.307. The summed E-state index contributed by atoms with van der Waals surface area (Å²) in [6, 6.07) is 16.8. The number of aryl methyl sites for hydroxylation is 1. The summed E-state index contributed by atoms with van der Waals surface area (Å²) in [4.78, 5) is 24.1. The highest BCUT2D eigenvalue weighted by Gasteiger charge is 2.19. The molecule has 4 rings (SSSR count). The third kappa shape index (κ3) is 8.98. The fraction of sp³-hybridized carbons (Fsp3) is 0.278. The lowest BCUT2D eigenvalue weighted by Gasteiger charge is -2.18. The molecule has 2 aromatic carbocycles. The molecule has 0 spiro atoms. The van der Waals surface area contributed by atoms with E-state index in [0.717, 1.165) is 25.1 Å². The number of unbranched alkanes of at least 4 members (excludes halogenated alkanes) is 1. The van der Waals surface area contributed by atoms with Gasteiger partial charge in [0.05, 0.1) is 45.5 Å². The molecule has 0 saturated heterocycles. The number of pyridine rings is 2. The number of terminal acetylenes is 1. The van der Waals surface area contributed by atoms with E-state index in [2.05, 4.69) is 32.5 Å². The Bertz CT molecular complexity index is 1780. The van der Waals surface area contributed by atoms with Crippen molar-refractivity contribution in [2.24, 2.45) is 0 Å². The van der Waals surface area contributed by atoms with Crippen molar-refractivity contribution in [3.63, 3.8) is 0 Å². The molecule has 0 radical (unpaired) electrons. The van der Waals surface area contributed by atoms with Gasteiger partial charge in [-0.05, 0) is 69.8 Å². The van der Waals surface area contributed by atoms with Crippen molar-refractivity contribution >= 4 is 45.5 Å². The van der Waals surface area contributed by atoms with Crippen LogP contribution in [0.15, 0.2) is 66.9 Å². The molecule has 2 heterocycles. The van der Waals surface area contributed by atoms with Crippen molar-refractivity contribution in [1.29, 1.82) is 5.26 Å². The Labute approximate surface area is 275 Å². The fourth-order valence-corrected chi connectivity index (χ4v) is 4.99. The molecule has 4 aromatic rings. The topological polar surface area (TPSA) is 112 Å². The first-order valence-electron chi connectivity index (χ1n) is 15.1. The van der Waals surface area contributed by atoms with E-state index in [4.69, 9.17) is 32.5 Å². The fourth-order valence-electron chi connectivity index (χ4n) is 4.75. The van der Waals surface area contributed by atoms with Crippen LogP contribution in [0.4, 0.5) is 17.1 Å². The normalized spacial score (nSPS) is 10.9. The Morgan fingerprint density at radius 2 is 2.00 bits per heavy atom. The SMILES string of the molecule is C#CCCCN(C)C/C=C/C(=O)Nc1cc2c(Nc3ccc(OCc4ccccn4)c(Cl)c3)c(C#N)c(CC)nc2cc1OCC. The van der Waals surface area contributed by atoms with Gasteiger partial charge in [0.1, 0.15) is 24.2 Å². The molecule has 0 aliphatic rings. The van der Waals surface area contributed by atoms with Gasteiger partial charge in [0.25, 0.3) is 0 Å². The molecule has 9 nitrogen and oxygen atoms in total. The maximum absolute atomic E-state index is 12.9. The quantitative estimate of drug-likeness (QED) is 0.0795. The number of ether oxygens (including phenoxy) is 2. The molecule has 10 heteroatoms. The zero-order valence-corrected chi connectivity index (χ0v) is 27.0. The summed E-state index contributed by atoms with van der Waals surface area (Å²) >= 11 is 6.60. The second-order valence-corrected chi connectivity index (χ2v) is 10.8. The zero-order valence-electron chi connectivity index (χ0n) is 26.3. The van der Waals surface area contributed by atoms with E-state index in [1.54, 1.807) is 36.5 Å². The standard InChI is InChI=1S/C36H37ClN6O3/c1-5-8-11-18-43(4)19-12-14-35(44)42-32-21-27-31(22-34(32)45-7-3)41-30(6-2)28(23-38)36(27)40-25-15-16-33(29(37)20-25)46-24-26-13-9-10-17-39-26/h1,9-10,12-17,20-22H,6-8,11,18-19,24H2,2-4H3,(H,40,41)(H,42,44)/b14-12+. The van der Waals surface area contributed by atoms with Gasteiger partial charge >= 0.3 is 0 Å². The van der Waals surface area contributed by atoms with Gasteiger partial charge in [0.15, 0.2) is 0 Å². The van der Waals surface area contributed by atoms with Gasteiger partial charge in [0, 0.05) is 42.4 Å². The number of nitrogens with zero attached hydrogens (tertiary/aromatic N) is 4. The molecule has 236 valence electrons. The Kier molecular flexibility index (Phi) is 12.4. The molecule has 0 aliphatic carbocycles. The Balaban J connectivity index is 1.63. The maximum atomic E-state index is 12.9. The predicted octanol–water partition coefficient (Wildman–Crippen LogP) is 7.28. The lowest BCUT2D eigenvalue weighted by molar-refractivity contribution is -0.111. The number of fused-ring (bicyclic) bond motifs is 1. The second kappa shape index (κ2) is 16.8. The number of benzene rings is 2. The Morgan fingerprint density at radius 3 is 2.70 bits per heavy atom. The largest absolute Gasteiger partial charge is 0.492 e. The number of nitriles is 1. The van der Waals surface area contributed by atoms with E-state index in [0.29, 0.717) is 75.3 Å². The summed E-state index contributed by atoms with van der Waals surface area (Å²) in [5.74, 6) is 3.31. The van der Waals surface area contributed by atoms with Gasteiger partial charge in [-0.15, -0.1) is 12.3 Å². The number of amides is 1. The van der Waals surface area contributed by atoms with E-state index in [1.807, 2.05) is 45.2 Å². The molecular weight excluding hydrogens is 600 g/mol. The first-order chi connectivity index (χ1) is 22.4. The summed E-state index contributed by atoms with van der Waals surface area (Å²) in [5.41, 5.74) is 4.08. The number of halogens is 1. The van der Waals surface area contributed by atoms with Gasteiger partial charge in [-0.3, -0.25) is 14.8 Å². The molecule has 0 bridgehead atoms. The highest BCUT2D eigenvalue weighted by molar-refractivity contribution is 6.32. The van der Waals surface area contributed by atoms with Gasteiger partial charge < -0.3 is 25.0 Å². The monoisotopic (exact) mass is 636 g/mol. The van der Waals surface area contributed by atoms with Crippen LogP contribution in [0.2, 0.25) is 5.02 Å². The van der Waals surface area contributed by atoms with E-state index in [-0.39, 0.29) is 12.5 Å². The number of rotatable bonds is 15. The van der Waals surface area contributed by atoms with E-state index >= 15 is 0 Å². The average Bonchev–Trinajstić information content (AvgIpc) is 3.05. The third-order valence-electron chi connectivity index (χ3n) is 7.02. The van der Waals surface area contributed by atoms with Crippen LogP contribution in [0.5, 0.6) is 11.5 Å². The average molecular weight is 637 g/mol. The molecule has 2 aromatic heterocycles. The number of hydrogen-bond acceptors (Lipinski definition) is 8. The molecule has 0 fully saturated rings. The van der Waals surface area contributed by atoms with Crippen molar-refractivity contribution in [2.45, 2.75) is 39.7 Å². The number of likely N-dealkylation sites (N-methyl/N-ethyl adjacent to an activating group) is 1. The number of nitrogens with one attached hydrogen (secondary N) is 2. The molecule has 0 saturated carbocycles. The Morgan fingerprint density at radius 1 is 1.15 bits per heavy atom. The summed E-state index contributed by atoms with van der Waals surface area (Å²) in [6.45, 7) is 5.92. The molecule has 0 aliphatic heterocycles. The summed E-state index contributed by atoms with van der Waals surface area (Å²) in [6.07, 6.45) is 12.5. The van der Waals surface area contributed by atoms with Crippen LogP contribution in [-0.4, -0.2) is 47.5 Å². The summed E-state index contributed by atoms with van der Waals surface area (Å²) in [5, 5.41) is 17.6. The number of carbonyl (C=O) groups excluding carboxylic acids is 1. The minimum absolute atomic E-state index is 0.274. The molecule has 0 atom stereocenters. The van der Waals surface area contributed by atoms with Crippen molar-refractivity contribution < 1.29 is 14.3 Å². The summed E-state index contributed by atoms with van der Waals surface area (Å²) < 4.78 is 11.8. The van der Waals surface area contributed by atoms with Crippen molar-refractivity contribution in [2.75, 3.05) is 37.4 Å². The van der Waals surface area contributed by atoms with Crippen LogP contribution in [-0.2, 0) is 17.8 Å².